The summed E-state index contributed by atoms with van der Waals surface area (Å²) in [5.74, 6) is 0.910. The van der Waals surface area contributed by atoms with E-state index in [2.05, 4.69) is 36.1 Å². The van der Waals surface area contributed by atoms with E-state index < -0.39 is 0 Å². The van der Waals surface area contributed by atoms with Crippen LogP contribution in [-0.2, 0) is 13.0 Å². The third-order valence-electron chi connectivity index (χ3n) is 3.85. The summed E-state index contributed by atoms with van der Waals surface area (Å²) in [5.41, 5.74) is 10.3. The molecule has 4 nitrogen and oxygen atoms in total. The van der Waals surface area contributed by atoms with Crippen LogP contribution in [0.2, 0.25) is 0 Å². The largest absolute Gasteiger partial charge is 0.328 e. The second-order valence-electron chi connectivity index (χ2n) is 5.09. The lowest BCUT2D eigenvalue weighted by Gasteiger charge is -2.18. The van der Waals surface area contributed by atoms with Crippen LogP contribution in [0.5, 0.6) is 0 Å². The number of aryl methyl sites for hydroxylation is 1. The summed E-state index contributed by atoms with van der Waals surface area (Å²) in [6.45, 7) is 2.62. The van der Waals surface area contributed by atoms with Gasteiger partial charge in [-0.1, -0.05) is 25.1 Å². The van der Waals surface area contributed by atoms with Crippen LogP contribution < -0.4 is 10.6 Å². The van der Waals surface area contributed by atoms with Crippen LogP contribution in [0.15, 0.2) is 48.7 Å². The Labute approximate surface area is 124 Å². The van der Waals surface area contributed by atoms with Gasteiger partial charge in [0.05, 0.1) is 5.69 Å². The molecule has 0 saturated carbocycles. The molecule has 2 heterocycles. The highest BCUT2D eigenvalue weighted by Gasteiger charge is 2.15. The fourth-order valence-corrected chi connectivity index (χ4v) is 2.57. The molecule has 0 fully saturated rings. The number of hydrogen-bond acceptors (Lipinski definition) is 3. The SMILES string of the molecule is CCc1ccc(N(C)c2nc3ccccn3c2CN)cc1. The average Bonchev–Trinajstić information content (AvgIpc) is 2.92. The molecule has 0 amide bonds. The number of nitrogens with zero attached hydrogens (tertiary/aromatic N) is 3. The second kappa shape index (κ2) is 5.58. The maximum atomic E-state index is 5.94. The van der Waals surface area contributed by atoms with E-state index in [1.807, 2.05) is 35.8 Å². The fourth-order valence-electron chi connectivity index (χ4n) is 2.57. The highest BCUT2D eigenvalue weighted by Crippen LogP contribution is 2.27. The molecule has 21 heavy (non-hydrogen) atoms. The van der Waals surface area contributed by atoms with E-state index in [1.165, 1.54) is 5.56 Å². The van der Waals surface area contributed by atoms with Gasteiger partial charge in [0.15, 0.2) is 5.82 Å². The smallest absolute Gasteiger partial charge is 0.156 e. The summed E-state index contributed by atoms with van der Waals surface area (Å²) >= 11 is 0. The first-order chi connectivity index (χ1) is 10.2. The minimum Gasteiger partial charge on any atom is -0.328 e. The van der Waals surface area contributed by atoms with Crippen LogP contribution in [0.3, 0.4) is 0 Å². The van der Waals surface area contributed by atoms with Crippen LogP contribution in [0.1, 0.15) is 18.2 Å². The zero-order chi connectivity index (χ0) is 14.8. The van der Waals surface area contributed by atoms with E-state index in [4.69, 9.17) is 10.7 Å². The van der Waals surface area contributed by atoms with E-state index in [0.717, 1.165) is 29.3 Å². The monoisotopic (exact) mass is 280 g/mol. The average molecular weight is 280 g/mol. The van der Waals surface area contributed by atoms with Gasteiger partial charge in [-0.2, -0.15) is 0 Å². The zero-order valence-electron chi connectivity index (χ0n) is 12.5. The standard InChI is InChI=1S/C17H20N4/c1-3-13-7-9-14(10-8-13)20(2)17-15(12-18)21-11-5-4-6-16(21)19-17/h4-11H,3,12,18H2,1-2H3. The van der Waals surface area contributed by atoms with Crippen molar-refractivity contribution in [3.05, 3.63) is 59.9 Å². The number of rotatable bonds is 4. The van der Waals surface area contributed by atoms with Crippen molar-refractivity contribution in [2.75, 3.05) is 11.9 Å². The van der Waals surface area contributed by atoms with Crippen LogP contribution >= 0.6 is 0 Å². The topological polar surface area (TPSA) is 46.6 Å². The van der Waals surface area contributed by atoms with Gasteiger partial charge in [-0.15, -0.1) is 0 Å². The quantitative estimate of drug-likeness (QED) is 0.798. The van der Waals surface area contributed by atoms with Crippen molar-refractivity contribution >= 4 is 17.2 Å². The summed E-state index contributed by atoms with van der Waals surface area (Å²) < 4.78 is 2.05. The molecule has 1 aromatic carbocycles. The van der Waals surface area contributed by atoms with E-state index in [-0.39, 0.29) is 0 Å². The first-order valence-electron chi connectivity index (χ1n) is 7.23. The van der Waals surface area contributed by atoms with E-state index in [1.54, 1.807) is 0 Å². The minimum absolute atomic E-state index is 0.456. The van der Waals surface area contributed by atoms with Crippen molar-refractivity contribution in [1.82, 2.24) is 9.38 Å². The summed E-state index contributed by atoms with van der Waals surface area (Å²) in [7, 11) is 2.03. The Balaban J connectivity index is 2.05. The van der Waals surface area contributed by atoms with E-state index in [9.17, 15) is 0 Å². The van der Waals surface area contributed by atoms with Crippen molar-refractivity contribution in [2.45, 2.75) is 19.9 Å². The van der Waals surface area contributed by atoms with Gasteiger partial charge in [-0.05, 0) is 36.2 Å². The summed E-state index contributed by atoms with van der Waals surface area (Å²) in [4.78, 5) is 6.80. The number of hydrogen-bond donors (Lipinski definition) is 1. The highest BCUT2D eigenvalue weighted by molar-refractivity contribution is 5.65. The number of benzene rings is 1. The van der Waals surface area contributed by atoms with Crippen molar-refractivity contribution < 1.29 is 0 Å². The molecule has 0 bridgehead atoms. The predicted octanol–water partition coefficient (Wildman–Crippen LogP) is 3.12. The van der Waals surface area contributed by atoms with Crippen LogP contribution in [0, 0.1) is 0 Å². The summed E-state index contributed by atoms with van der Waals surface area (Å²) in [6, 6.07) is 14.5. The fraction of sp³-hybridized carbons (Fsp3) is 0.235. The zero-order valence-corrected chi connectivity index (χ0v) is 12.5. The van der Waals surface area contributed by atoms with Crippen molar-refractivity contribution in [1.29, 1.82) is 0 Å². The Bertz CT molecular complexity index is 743. The summed E-state index contributed by atoms with van der Waals surface area (Å²) in [5, 5.41) is 0. The number of pyridine rings is 1. The van der Waals surface area contributed by atoms with Crippen molar-refractivity contribution in [2.24, 2.45) is 5.73 Å². The van der Waals surface area contributed by atoms with Gasteiger partial charge in [0.1, 0.15) is 5.65 Å². The molecule has 0 spiro atoms. The van der Waals surface area contributed by atoms with Gasteiger partial charge in [0, 0.05) is 25.5 Å². The maximum absolute atomic E-state index is 5.94. The number of nitrogens with two attached hydrogens (primary N) is 1. The van der Waals surface area contributed by atoms with Crippen molar-refractivity contribution in [3.63, 3.8) is 0 Å². The third kappa shape index (κ3) is 2.38. The molecule has 0 aliphatic carbocycles. The molecule has 0 aliphatic rings. The number of anilines is 2. The number of aromatic nitrogens is 2. The van der Waals surface area contributed by atoms with Crippen molar-refractivity contribution in [3.8, 4) is 0 Å². The first kappa shape index (κ1) is 13.6. The lowest BCUT2D eigenvalue weighted by atomic mass is 10.1. The van der Waals surface area contributed by atoms with Gasteiger partial charge >= 0.3 is 0 Å². The number of imidazole rings is 1. The molecule has 3 rings (SSSR count). The Morgan fingerprint density at radius 3 is 2.57 bits per heavy atom. The molecule has 2 N–H and O–H groups in total. The molecular weight excluding hydrogens is 260 g/mol. The lowest BCUT2D eigenvalue weighted by molar-refractivity contribution is 0.948. The Kier molecular flexibility index (Phi) is 3.62. The van der Waals surface area contributed by atoms with E-state index in [0.29, 0.717) is 6.54 Å². The molecule has 4 heteroatoms. The first-order valence-corrected chi connectivity index (χ1v) is 7.23. The lowest BCUT2D eigenvalue weighted by Crippen LogP contribution is -2.14. The molecule has 0 unspecified atom stereocenters. The molecule has 3 aromatic rings. The van der Waals surface area contributed by atoms with E-state index >= 15 is 0 Å². The Morgan fingerprint density at radius 2 is 1.90 bits per heavy atom. The maximum Gasteiger partial charge on any atom is 0.156 e. The molecule has 0 atom stereocenters. The van der Waals surface area contributed by atoms with Gasteiger partial charge < -0.3 is 15.0 Å². The molecule has 0 radical (unpaired) electrons. The van der Waals surface area contributed by atoms with Gasteiger partial charge in [0.25, 0.3) is 0 Å². The molecule has 108 valence electrons. The second-order valence-corrected chi connectivity index (χ2v) is 5.09. The molecule has 0 saturated heterocycles. The normalized spacial score (nSPS) is 11.0. The molecule has 2 aromatic heterocycles. The third-order valence-corrected chi connectivity index (χ3v) is 3.85. The summed E-state index contributed by atoms with van der Waals surface area (Å²) in [6.07, 6.45) is 3.05. The van der Waals surface area contributed by atoms with Gasteiger partial charge in [-0.25, -0.2) is 4.98 Å². The number of fused-ring (bicyclic) bond motifs is 1. The predicted molar refractivity (Wildman–Crippen MR) is 87.0 cm³/mol. The van der Waals surface area contributed by atoms with Crippen LogP contribution in [0.25, 0.3) is 5.65 Å². The molecule has 0 aliphatic heterocycles. The van der Waals surface area contributed by atoms with Gasteiger partial charge in [-0.3, -0.25) is 0 Å². The van der Waals surface area contributed by atoms with Gasteiger partial charge in [0.2, 0.25) is 0 Å². The van der Waals surface area contributed by atoms with Crippen LogP contribution in [0.4, 0.5) is 11.5 Å². The van der Waals surface area contributed by atoms with Crippen LogP contribution in [-0.4, -0.2) is 16.4 Å². The molecular formula is C17H20N4. The highest BCUT2D eigenvalue weighted by atomic mass is 15.2. The Morgan fingerprint density at radius 1 is 1.14 bits per heavy atom. The Hall–Kier alpha value is -2.33. The minimum atomic E-state index is 0.456.